The van der Waals surface area contributed by atoms with E-state index in [2.05, 4.69) is 0 Å². The summed E-state index contributed by atoms with van der Waals surface area (Å²) in [7, 11) is 1.43. The Hall–Kier alpha value is -0.0631. The van der Waals surface area contributed by atoms with Gasteiger partial charge in [0.05, 0.1) is 0 Å². The highest BCUT2D eigenvalue weighted by molar-refractivity contribution is 6.53. The largest absolute Gasteiger partial charge is 0.679 e. The summed E-state index contributed by atoms with van der Waals surface area (Å²) in [6.07, 6.45) is 0.853. The molecule has 0 aliphatic heterocycles. The van der Waals surface area contributed by atoms with Gasteiger partial charge >= 0.3 is 9.05 Å². The van der Waals surface area contributed by atoms with Gasteiger partial charge in [0.2, 0.25) is 0 Å². The predicted molar refractivity (Wildman–Crippen MR) is 61.9 cm³/mol. The first-order chi connectivity index (χ1) is 7.28. The minimum Gasteiger partial charge on any atom is -0.355 e. The second kappa shape index (κ2) is 6.62. The van der Waals surface area contributed by atoms with Crippen LogP contribution in [0.1, 0.15) is 19.8 Å². The van der Waals surface area contributed by atoms with Gasteiger partial charge in [0.25, 0.3) is 0 Å². The first kappa shape index (κ1) is 15.9. The third kappa shape index (κ3) is 5.87. The molecule has 0 fully saturated rings. The summed E-state index contributed by atoms with van der Waals surface area (Å²) in [5, 5.41) is 0. The summed E-state index contributed by atoms with van der Waals surface area (Å²) in [6.45, 7) is 1.85. The van der Waals surface area contributed by atoms with Gasteiger partial charge in [-0.1, -0.05) is 0 Å². The predicted octanol–water partition coefficient (Wildman–Crippen LogP) is -0.924. The summed E-state index contributed by atoms with van der Waals surface area (Å²) in [6, 6.07) is 0. The van der Waals surface area contributed by atoms with Crippen LogP contribution < -0.4 is 17.2 Å². The maximum absolute atomic E-state index is 5.59. The molecule has 98 valence electrons. The van der Waals surface area contributed by atoms with E-state index in [4.69, 9.17) is 34.9 Å². The first-order valence-corrected chi connectivity index (χ1v) is 6.62. The van der Waals surface area contributed by atoms with Crippen molar-refractivity contribution in [3.8, 4) is 0 Å². The van der Waals surface area contributed by atoms with Gasteiger partial charge in [-0.15, -0.1) is 0 Å². The van der Waals surface area contributed by atoms with Crippen molar-refractivity contribution >= 4 is 9.05 Å². The van der Waals surface area contributed by atoms with Gasteiger partial charge in [-0.2, -0.15) is 0 Å². The van der Waals surface area contributed by atoms with Crippen LogP contribution in [0.25, 0.3) is 0 Å². The molecule has 0 aliphatic rings. The van der Waals surface area contributed by atoms with Crippen molar-refractivity contribution in [2.24, 2.45) is 17.2 Å². The van der Waals surface area contributed by atoms with Crippen molar-refractivity contribution in [1.29, 1.82) is 0 Å². The van der Waals surface area contributed by atoms with Crippen molar-refractivity contribution in [2.75, 3.05) is 21.3 Å². The standard InChI is InChI=1S/C8H23N3O4Si/c1-7(5-6-8(9,10)11)15-16(12-2,13-3)14-4/h7H,5-6,9-11H2,1-4H3. The molecule has 7 nitrogen and oxygen atoms in total. The van der Waals surface area contributed by atoms with Crippen molar-refractivity contribution in [3.05, 3.63) is 0 Å². The maximum atomic E-state index is 5.59. The van der Waals surface area contributed by atoms with Crippen LogP contribution >= 0.6 is 0 Å². The molecule has 0 rings (SSSR count). The summed E-state index contributed by atoms with van der Waals surface area (Å²) >= 11 is 0. The Balaban J connectivity index is 4.15. The number of hydrogen-bond acceptors (Lipinski definition) is 7. The average Bonchev–Trinajstić information content (AvgIpc) is 2.22. The van der Waals surface area contributed by atoms with Crippen LogP contribution in [0.4, 0.5) is 0 Å². The highest BCUT2D eigenvalue weighted by atomic mass is 28.4. The molecule has 0 aromatic carbocycles. The van der Waals surface area contributed by atoms with Crippen molar-refractivity contribution in [2.45, 2.75) is 31.7 Å². The lowest BCUT2D eigenvalue weighted by molar-refractivity contribution is -0.0210. The summed E-state index contributed by atoms with van der Waals surface area (Å²) in [5.41, 5.74) is 16.4. The van der Waals surface area contributed by atoms with Gasteiger partial charge in [-0.3, -0.25) is 0 Å². The molecule has 0 aliphatic carbocycles. The molecule has 0 saturated heterocycles. The number of nitrogens with two attached hydrogens (primary N) is 3. The molecule has 0 bridgehead atoms. The van der Waals surface area contributed by atoms with E-state index < -0.39 is 14.8 Å². The van der Waals surface area contributed by atoms with Crippen LogP contribution in [0.15, 0.2) is 0 Å². The second-order valence-electron chi connectivity index (χ2n) is 3.69. The van der Waals surface area contributed by atoms with Crippen LogP contribution in [-0.2, 0) is 17.7 Å². The van der Waals surface area contributed by atoms with Crippen LogP contribution in [0.3, 0.4) is 0 Å². The Kier molecular flexibility index (Phi) is 6.59. The first-order valence-electron chi connectivity index (χ1n) is 4.98. The molecule has 0 amide bonds. The Labute approximate surface area is 97.6 Å². The van der Waals surface area contributed by atoms with E-state index in [-0.39, 0.29) is 6.10 Å². The normalized spacial score (nSPS) is 15.2. The Bertz CT molecular complexity index is 188. The molecule has 0 aromatic heterocycles. The monoisotopic (exact) mass is 253 g/mol. The molecule has 1 unspecified atom stereocenters. The smallest absolute Gasteiger partial charge is 0.355 e. The fourth-order valence-corrected chi connectivity index (χ4v) is 2.55. The van der Waals surface area contributed by atoms with E-state index in [0.717, 1.165) is 0 Å². The van der Waals surface area contributed by atoms with E-state index in [0.29, 0.717) is 12.8 Å². The zero-order valence-electron chi connectivity index (χ0n) is 10.4. The number of rotatable bonds is 8. The van der Waals surface area contributed by atoms with E-state index in [1.807, 2.05) is 6.92 Å². The SMILES string of the molecule is CO[Si](OC)(OC)OC(C)CCC(N)(N)N. The van der Waals surface area contributed by atoms with E-state index in [1.165, 1.54) is 21.3 Å². The van der Waals surface area contributed by atoms with Crippen LogP contribution in [0.5, 0.6) is 0 Å². The van der Waals surface area contributed by atoms with Gasteiger partial charge in [0, 0.05) is 27.4 Å². The summed E-state index contributed by atoms with van der Waals surface area (Å²) in [5.74, 6) is -1.19. The molecule has 0 spiro atoms. The lowest BCUT2D eigenvalue weighted by atomic mass is 10.1. The molecule has 0 heterocycles. The fourth-order valence-electron chi connectivity index (χ4n) is 1.15. The Morgan fingerprint density at radius 3 is 1.81 bits per heavy atom. The highest BCUT2D eigenvalue weighted by Crippen LogP contribution is 2.14. The third-order valence-corrected chi connectivity index (χ3v) is 4.27. The molecule has 8 heteroatoms. The molecule has 0 saturated carbocycles. The zero-order valence-corrected chi connectivity index (χ0v) is 11.4. The Morgan fingerprint density at radius 2 is 1.50 bits per heavy atom. The molecule has 16 heavy (non-hydrogen) atoms. The topological polar surface area (TPSA) is 115 Å². The quantitative estimate of drug-likeness (QED) is 0.378. The van der Waals surface area contributed by atoms with Gasteiger partial charge in [0.1, 0.15) is 5.79 Å². The summed E-state index contributed by atoms with van der Waals surface area (Å²) in [4.78, 5) is 0. The minimum absolute atomic E-state index is 0.165. The lowest BCUT2D eigenvalue weighted by Gasteiger charge is -2.28. The molecule has 6 N–H and O–H groups in total. The number of hydrogen-bond donors (Lipinski definition) is 3. The van der Waals surface area contributed by atoms with Gasteiger partial charge in [0.15, 0.2) is 0 Å². The zero-order chi connectivity index (χ0) is 12.8. The van der Waals surface area contributed by atoms with Crippen molar-refractivity contribution in [1.82, 2.24) is 0 Å². The molecule has 0 aromatic rings. The van der Waals surface area contributed by atoms with Crippen LogP contribution in [0.2, 0.25) is 0 Å². The van der Waals surface area contributed by atoms with E-state index in [9.17, 15) is 0 Å². The van der Waals surface area contributed by atoms with E-state index >= 15 is 0 Å². The van der Waals surface area contributed by atoms with Crippen LogP contribution in [0, 0.1) is 0 Å². The molecule has 0 radical (unpaired) electrons. The second-order valence-corrected chi connectivity index (χ2v) is 6.15. The summed E-state index contributed by atoms with van der Waals surface area (Å²) < 4.78 is 20.9. The lowest BCUT2D eigenvalue weighted by Crippen LogP contribution is -2.58. The van der Waals surface area contributed by atoms with Crippen LogP contribution in [-0.4, -0.2) is 42.3 Å². The average molecular weight is 253 g/mol. The van der Waals surface area contributed by atoms with Gasteiger partial charge in [-0.25, -0.2) is 0 Å². The highest BCUT2D eigenvalue weighted by Gasteiger charge is 2.43. The fraction of sp³-hybridized carbons (Fsp3) is 1.00. The van der Waals surface area contributed by atoms with Gasteiger partial charge < -0.3 is 34.9 Å². The van der Waals surface area contributed by atoms with E-state index in [1.54, 1.807) is 0 Å². The van der Waals surface area contributed by atoms with Gasteiger partial charge in [-0.05, 0) is 19.8 Å². The maximum Gasteiger partial charge on any atom is 0.679 e. The van der Waals surface area contributed by atoms with Crippen molar-refractivity contribution < 1.29 is 17.7 Å². The third-order valence-electron chi connectivity index (χ3n) is 2.08. The molecule has 1 atom stereocenters. The molecular weight excluding hydrogens is 230 g/mol. The Morgan fingerprint density at radius 1 is 1.06 bits per heavy atom. The molecular formula is C8H23N3O4Si. The van der Waals surface area contributed by atoms with Crippen molar-refractivity contribution in [3.63, 3.8) is 0 Å². The minimum atomic E-state index is -3.00.